The lowest BCUT2D eigenvalue weighted by atomic mass is 10.0. The van der Waals surface area contributed by atoms with Crippen LogP contribution in [0.15, 0.2) is 36.7 Å². The largest absolute Gasteiger partial charge is 0.384 e. The highest BCUT2D eigenvalue weighted by Gasteiger charge is 2.12. The number of anilines is 1. The number of benzene rings is 1. The third kappa shape index (κ3) is 1.54. The quantitative estimate of drug-likeness (QED) is 0.708. The lowest BCUT2D eigenvalue weighted by molar-refractivity contribution is 0.946. The topological polar surface area (TPSA) is 56.7 Å². The molecule has 0 aliphatic heterocycles. The van der Waals surface area contributed by atoms with Crippen LogP contribution >= 0.6 is 0 Å². The van der Waals surface area contributed by atoms with E-state index in [1.165, 1.54) is 5.56 Å². The Morgan fingerprint density at radius 1 is 1.22 bits per heavy atom. The first-order valence-electron chi connectivity index (χ1n) is 5.80. The molecule has 2 heterocycles. The number of fused-ring (bicyclic) bond motifs is 1. The Bertz CT molecular complexity index is 728. The minimum Gasteiger partial charge on any atom is -0.384 e. The third-order valence-electron chi connectivity index (χ3n) is 3.12. The van der Waals surface area contributed by atoms with E-state index in [1.54, 1.807) is 12.4 Å². The minimum absolute atomic E-state index is 0.499. The maximum atomic E-state index is 5.86. The summed E-state index contributed by atoms with van der Waals surface area (Å²) in [6, 6.07) is 9.96. The molecule has 3 rings (SSSR count). The van der Waals surface area contributed by atoms with E-state index in [9.17, 15) is 0 Å². The van der Waals surface area contributed by atoms with Crippen LogP contribution in [0.2, 0.25) is 0 Å². The molecule has 0 saturated carbocycles. The molecule has 18 heavy (non-hydrogen) atoms. The molecule has 0 saturated heterocycles. The Labute approximate surface area is 105 Å². The molecule has 0 radical (unpaired) electrons. The minimum atomic E-state index is 0.499. The molecule has 3 aromatic rings. The lowest BCUT2D eigenvalue weighted by Crippen LogP contribution is -1.97. The van der Waals surface area contributed by atoms with Crippen molar-refractivity contribution < 1.29 is 0 Å². The number of nitrogen functional groups attached to an aromatic ring is 1. The van der Waals surface area contributed by atoms with Crippen molar-refractivity contribution in [3.05, 3.63) is 42.2 Å². The predicted molar refractivity (Wildman–Crippen MR) is 73.1 cm³/mol. The zero-order valence-electron chi connectivity index (χ0n) is 10.4. The molecule has 0 amide bonds. The average Bonchev–Trinajstić information content (AvgIpc) is 2.71. The second-order valence-electron chi connectivity index (χ2n) is 4.43. The first-order chi connectivity index (χ1) is 8.66. The Hall–Kier alpha value is -2.36. The molecule has 0 spiro atoms. The second-order valence-corrected chi connectivity index (χ2v) is 4.43. The van der Waals surface area contributed by atoms with Gasteiger partial charge in [-0.25, -0.2) is 9.97 Å². The third-order valence-corrected chi connectivity index (χ3v) is 3.12. The molecule has 2 aromatic heterocycles. The first-order valence-corrected chi connectivity index (χ1v) is 5.80. The van der Waals surface area contributed by atoms with Gasteiger partial charge in [0.1, 0.15) is 5.82 Å². The number of imidazole rings is 1. The zero-order valence-corrected chi connectivity index (χ0v) is 10.4. The van der Waals surface area contributed by atoms with Crippen molar-refractivity contribution in [2.45, 2.75) is 6.92 Å². The zero-order chi connectivity index (χ0) is 12.7. The van der Waals surface area contributed by atoms with E-state index in [-0.39, 0.29) is 0 Å². The summed E-state index contributed by atoms with van der Waals surface area (Å²) in [6.07, 6.45) is 1.79. The highest BCUT2D eigenvalue weighted by atomic mass is 15.0. The van der Waals surface area contributed by atoms with E-state index in [2.05, 4.69) is 29.0 Å². The maximum absolute atomic E-state index is 5.86. The number of aromatic nitrogens is 3. The molecule has 0 unspecified atom stereocenters. The van der Waals surface area contributed by atoms with E-state index in [0.717, 1.165) is 22.3 Å². The van der Waals surface area contributed by atoms with Gasteiger partial charge in [0, 0.05) is 18.7 Å². The van der Waals surface area contributed by atoms with Gasteiger partial charge in [-0.15, -0.1) is 0 Å². The van der Waals surface area contributed by atoms with Crippen LogP contribution in [0.5, 0.6) is 0 Å². The van der Waals surface area contributed by atoms with Crippen LogP contribution in [-0.2, 0) is 7.05 Å². The molecular formula is C14H14N4. The SMILES string of the molecule is Cc1ccccc1-c1nc(N)cc2ncn(C)c12. The van der Waals surface area contributed by atoms with Gasteiger partial charge in [-0.2, -0.15) is 0 Å². The highest BCUT2D eigenvalue weighted by molar-refractivity contribution is 5.92. The van der Waals surface area contributed by atoms with Gasteiger partial charge in [-0.3, -0.25) is 0 Å². The van der Waals surface area contributed by atoms with E-state index >= 15 is 0 Å². The molecule has 4 heteroatoms. The van der Waals surface area contributed by atoms with E-state index in [0.29, 0.717) is 5.82 Å². The maximum Gasteiger partial charge on any atom is 0.126 e. The Balaban J connectivity index is 2.41. The number of aryl methyl sites for hydroxylation is 2. The van der Waals surface area contributed by atoms with E-state index in [1.807, 2.05) is 23.7 Å². The van der Waals surface area contributed by atoms with Crippen LogP contribution < -0.4 is 5.73 Å². The van der Waals surface area contributed by atoms with Crippen molar-refractivity contribution in [1.29, 1.82) is 0 Å². The Morgan fingerprint density at radius 2 is 2.00 bits per heavy atom. The van der Waals surface area contributed by atoms with Gasteiger partial charge < -0.3 is 10.3 Å². The monoisotopic (exact) mass is 238 g/mol. The van der Waals surface area contributed by atoms with Gasteiger partial charge in [-0.05, 0) is 12.5 Å². The van der Waals surface area contributed by atoms with Gasteiger partial charge >= 0.3 is 0 Å². The molecule has 0 bridgehead atoms. The smallest absolute Gasteiger partial charge is 0.126 e. The molecule has 2 N–H and O–H groups in total. The van der Waals surface area contributed by atoms with Gasteiger partial charge in [-0.1, -0.05) is 24.3 Å². The molecule has 0 fully saturated rings. The molecule has 1 aromatic carbocycles. The van der Waals surface area contributed by atoms with Gasteiger partial charge in [0.15, 0.2) is 0 Å². The second kappa shape index (κ2) is 3.84. The molecule has 0 atom stereocenters. The van der Waals surface area contributed by atoms with Crippen LogP contribution in [0.1, 0.15) is 5.56 Å². The van der Waals surface area contributed by atoms with Crippen molar-refractivity contribution in [3.8, 4) is 11.3 Å². The van der Waals surface area contributed by atoms with Gasteiger partial charge in [0.05, 0.1) is 23.1 Å². The van der Waals surface area contributed by atoms with Gasteiger partial charge in [0.2, 0.25) is 0 Å². The summed E-state index contributed by atoms with van der Waals surface area (Å²) < 4.78 is 1.98. The number of pyridine rings is 1. The summed E-state index contributed by atoms with van der Waals surface area (Å²) in [4.78, 5) is 8.82. The van der Waals surface area contributed by atoms with Crippen LogP contribution in [0.4, 0.5) is 5.82 Å². The number of nitrogens with zero attached hydrogens (tertiary/aromatic N) is 3. The van der Waals surface area contributed by atoms with Crippen molar-refractivity contribution in [1.82, 2.24) is 14.5 Å². The summed E-state index contributed by atoms with van der Waals surface area (Å²) in [5.74, 6) is 0.499. The van der Waals surface area contributed by atoms with Crippen molar-refractivity contribution in [2.75, 3.05) is 5.73 Å². The molecule has 4 nitrogen and oxygen atoms in total. The summed E-state index contributed by atoms with van der Waals surface area (Å²) in [6.45, 7) is 2.07. The molecular weight excluding hydrogens is 224 g/mol. The fraction of sp³-hybridized carbons (Fsp3) is 0.143. The normalized spacial score (nSPS) is 11.0. The van der Waals surface area contributed by atoms with E-state index in [4.69, 9.17) is 5.73 Å². The summed E-state index contributed by atoms with van der Waals surface area (Å²) in [5.41, 5.74) is 10.9. The fourth-order valence-electron chi connectivity index (χ4n) is 2.22. The Morgan fingerprint density at radius 3 is 2.78 bits per heavy atom. The van der Waals surface area contributed by atoms with Gasteiger partial charge in [0.25, 0.3) is 0 Å². The fourth-order valence-corrected chi connectivity index (χ4v) is 2.22. The van der Waals surface area contributed by atoms with Crippen LogP contribution in [-0.4, -0.2) is 14.5 Å². The lowest BCUT2D eigenvalue weighted by Gasteiger charge is -2.08. The number of nitrogens with two attached hydrogens (primary N) is 1. The standard InChI is InChI=1S/C14H14N4/c1-9-5-3-4-6-10(9)13-14-11(7-12(15)17-13)16-8-18(14)2/h3-8H,1-2H3,(H2,15,17). The molecule has 0 aliphatic rings. The van der Waals surface area contributed by atoms with Crippen LogP contribution in [0, 0.1) is 6.92 Å². The molecule has 0 aliphatic carbocycles. The van der Waals surface area contributed by atoms with Crippen LogP contribution in [0.3, 0.4) is 0 Å². The molecule has 90 valence electrons. The van der Waals surface area contributed by atoms with Crippen LogP contribution in [0.25, 0.3) is 22.3 Å². The first kappa shape index (κ1) is 10.8. The number of hydrogen-bond acceptors (Lipinski definition) is 3. The van der Waals surface area contributed by atoms with Crippen molar-refractivity contribution in [3.63, 3.8) is 0 Å². The van der Waals surface area contributed by atoms with Crippen molar-refractivity contribution in [2.24, 2.45) is 7.05 Å². The number of hydrogen-bond donors (Lipinski definition) is 1. The summed E-state index contributed by atoms with van der Waals surface area (Å²) in [5, 5.41) is 0. The summed E-state index contributed by atoms with van der Waals surface area (Å²) >= 11 is 0. The van der Waals surface area contributed by atoms with Crippen molar-refractivity contribution >= 4 is 16.9 Å². The average molecular weight is 238 g/mol. The number of rotatable bonds is 1. The van der Waals surface area contributed by atoms with E-state index < -0.39 is 0 Å². The predicted octanol–water partition coefficient (Wildman–Crippen LogP) is 2.53. The summed E-state index contributed by atoms with van der Waals surface area (Å²) in [7, 11) is 1.97. The Kier molecular flexibility index (Phi) is 2.30. The highest BCUT2D eigenvalue weighted by Crippen LogP contribution is 2.29.